The van der Waals surface area contributed by atoms with E-state index in [9.17, 15) is 13.6 Å². The van der Waals surface area contributed by atoms with Gasteiger partial charge in [-0.3, -0.25) is 10.1 Å². The molecule has 2 aromatic rings. The predicted octanol–water partition coefficient (Wildman–Crippen LogP) is 4.02. The van der Waals surface area contributed by atoms with E-state index in [1.807, 2.05) is 45.0 Å². The molecule has 0 radical (unpaired) electrons. The number of carbonyl (C=O) groups excluding carboxylic acids is 1. The Bertz CT molecular complexity index is 779. The van der Waals surface area contributed by atoms with Gasteiger partial charge in [-0.15, -0.1) is 23.7 Å². The first-order valence-corrected chi connectivity index (χ1v) is 9.03. The second-order valence-electron chi connectivity index (χ2n) is 6.56. The van der Waals surface area contributed by atoms with Crippen LogP contribution in [0.5, 0.6) is 0 Å². The summed E-state index contributed by atoms with van der Waals surface area (Å²) in [6, 6.07) is 6.98. The molecule has 1 saturated heterocycles. The van der Waals surface area contributed by atoms with Crippen molar-refractivity contribution in [2.45, 2.75) is 45.2 Å². The van der Waals surface area contributed by atoms with E-state index in [4.69, 9.17) is 0 Å². The van der Waals surface area contributed by atoms with Gasteiger partial charge in [0.25, 0.3) is 5.92 Å². The van der Waals surface area contributed by atoms with E-state index in [1.54, 1.807) is 0 Å². The molecule has 1 amide bonds. The molecule has 2 unspecified atom stereocenters. The largest absolute Gasteiger partial charge is 0.347 e. The molecule has 26 heavy (non-hydrogen) atoms. The van der Waals surface area contributed by atoms with Gasteiger partial charge in [-0.25, -0.2) is 13.8 Å². The topological polar surface area (TPSA) is 54.0 Å². The molecular weight excluding hydrogens is 380 g/mol. The summed E-state index contributed by atoms with van der Waals surface area (Å²) < 4.78 is 26.5. The molecule has 1 aromatic carbocycles. The van der Waals surface area contributed by atoms with E-state index in [1.165, 1.54) is 16.9 Å². The third kappa shape index (κ3) is 4.58. The highest BCUT2D eigenvalue weighted by molar-refractivity contribution is 7.15. The zero-order chi connectivity index (χ0) is 18.2. The van der Waals surface area contributed by atoms with Crippen molar-refractivity contribution in [3.05, 3.63) is 40.4 Å². The summed E-state index contributed by atoms with van der Waals surface area (Å²) >= 11 is 1.52. The number of alkyl halides is 2. The van der Waals surface area contributed by atoms with Gasteiger partial charge in [-0.05, 0) is 20.8 Å². The van der Waals surface area contributed by atoms with E-state index in [-0.39, 0.29) is 18.4 Å². The van der Waals surface area contributed by atoms with Crippen LogP contribution in [0.2, 0.25) is 0 Å². The van der Waals surface area contributed by atoms with Crippen molar-refractivity contribution in [1.29, 1.82) is 0 Å². The summed E-state index contributed by atoms with van der Waals surface area (Å²) in [6.07, 6.45) is -0.457. The lowest BCUT2D eigenvalue weighted by molar-refractivity contribution is -0.124. The molecule has 4 nitrogen and oxygen atoms in total. The fourth-order valence-corrected chi connectivity index (χ4v) is 3.98. The summed E-state index contributed by atoms with van der Waals surface area (Å²) in [5, 5.41) is 6.29. The average molecular weight is 402 g/mol. The van der Waals surface area contributed by atoms with Crippen molar-refractivity contribution >= 4 is 29.7 Å². The summed E-state index contributed by atoms with van der Waals surface area (Å²) in [7, 11) is 0. The molecule has 1 aliphatic heterocycles. The molecule has 1 aromatic heterocycles. The number of amides is 1. The highest BCUT2D eigenvalue weighted by Crippen LogP contribution is 2.32. The Kier molecular flexibility index (Phi) is 6.37. The van der Waals surface area contributed by atoms with Gasteiger partial charge in [0.05, 0.1) is 29.2 Å². The molecule has 2 heterocycles. The van der Waals surface area contributed by atoms with Crippen LogP contribution >= 0.6 is 23.7 Å². The van der Waals surface area contributed by atoms with Gasteiger partial charge in [-0.1, -0.05) is 29.8 Å². The molecule has 3 rings (SSSR count). The lowest BCUT2D eigenvalue weighted by Gasteiger charge is -2.16. The highest BCUT2D eigenvalue weighted by Gasteiger charge is 2.42. The maximum atomic E-state index is 13.2. The molecule has 1 aliphatic rings. The average Bonchev–Trinajstić information content (AvgIpc) is 3.10. The maximum absolute atomic E-state index is 13.2. The lowest BCUT2D eigenvalue weighted by atomic mass is 10.1. The zero-order valence-corrected chi connectivity index (χ0v) is 16.4. The first-order chi connectivity index (χ1) is 11.7. The number of aryl methyl sites for hydroxylation is 2. The molecule has 1 fully saturated rings. The standard InChI is InChI=1S/C18H21F2N3OS.ClH/c1-10-4-6-13(7-5-10)17-23-12(3)15(25-17)11(2)22-16(24)14-8-18(19,20)9-21-14;/h4-7,11,14,21H,8-9H2,1-3H3,(H,22,24);1H. The fraction of sp³-hybridized carbons (Fsp3) is 0.444. The van der Waals surface area contributed by atoms with Gasteiger partial charge in [0.2, 0.25) is 5.91 Å². The van der Waals surface area contributed by atoms with Gasteiger partial charge in [0, 0.05) is 12.0 Å². The number of hydrogen-bond acceptors (Lipinski definition) is 4. The monoisotopic (exact) mass is 401 g/mol. The second kappa shape index (κ2) is 7.98. The number of nitrogens with one attached hydrogen (secondary N) is 2. The van der Waals surface area contributed by atoms with E-state index < -0.39 is 30.8 Å². The van der Waals surface area contributed by atoms with Crippen LogP contribution in [-0.2, 0) is 4.79 Å². The number of halogens is 3. The van der Waals surface area contributed by atoms with E-state index in [0.717, 1.165) is 21.1 Å². The SMILES string of the molecule is Cc1ccc(-c2nc(C)c(C(C)NC(=O)C3CC(F)(F)CN3)s2)cc1.Cl. The number of carbonyl (C=O) groups is 1. The van der Waals surface area contributed by atoms with Gasteiger partial charge in [-0.2, -0.15) is 0 Å². The van der Waals surface area contributed by atoms with Crippen molar-refractivity contribution in [3.63, 3.8) is 0 Å². The van der Waals surface area contributed by atoms with Crippen LogP contribution < -0.4 is 10.6 Å². The Morgan fingerprint density at radius 2 is 2.00 bits per heavy atom. The van der Waals surface area contributed by atoms with Crippen LogP contribution in [0.4, 0.5) is 8.78 Å². The molecule has 0 aliphatic carbocycles. The van der Waals surface area contributed by atoms with Crippen molar-refractivity contribution in [3.8, 4) is 10.6 Å². The maximum Gasteiger partial charge on any atom is 0.262 e. The van der Waals surface area contributed by atoms with Crippen molar-refractivity contribution in [2.75, 3.05) is 6.54 Å². The minimum Gasteiger partial charge on any atom is -0.347 e. The third-order valence-corrected chi connectivity index (χ3v) is 5.70. The quantitative estimate of drug-likeness (QED) is 0.813. The number of benzene rings is 1. The molecule has 2 atom stereocenters. The molecule has 8 heteroatoms. The van der Waals surface area contributed by atoms with E-state index in [0.29, 0.717) is 0 Å². The summed E-state index contributed by atoms with van der Waals surface area (Å²) in [5.74, 6) is -3.21. The molecule has 2 N–H and O–H groups in total. The minimum absolute atomic E-state index is 0. The van der Waals surface area contributed by atoms with Crippen LogP contribution in [0.1, 0.15) is 35.5 Å². The van der Waals surface area contributed by atoms with Crippen LogP contribution in [0, 0.1) is 13.8 Å². The van der Waals surface area contributed by atoms with Crippen molar-refractivity contribution in [1.82, 2.24) is 15.6 Å². The van der Waals surface area contributed by atoms with Crippen molar-refractivity contribution in [2.24, 2.45) is 0 Å². The number of nitrogens with zero attached hydrogens (tertiary/aromatic N) is 1. The van der Waals surface area contributed by atoms with E-state index in [2.05, 4.69) is 15.6 Å². The zero-order valence-electron chi connectivity index (χ0n) is 14.8. The number of hydrogen-bond donors (Lipinski definition) is 2. The van der Waals surface area contributed by atoms with Gasteiger partial charge in [0.15, 0.2) is 0 Å². The molecular formula is C18H22ClF2N3OS. The molecule has 0 spiro atoms. The number of aromatic nitrogens is 1. The number of rotatable bonds is 4. The Hall–Kier alpha value is -1.57. The fourth-order valence-electron chi connectivity index (χ4n) is 2.91. The Morgan fingerprint density at radius 3 is 2.58 bits per heavy atom. The molecule has 142 valence electrons. The summed E-state index contributed by atoms with van der Waals surface area (Å²) in [6.45, 7) is 5.33. The second-order valence-corrected chi connectivity index (χ2v) is 7.59. The van der Waals surface area contributed by atoms with Crippen LogP contribution in [0.15, 0.2) is 24.3 Å². The lowest BCUT2D eigenvalue weighted by Crippen LogP contribution is -2.41. The van der Waals surface area contributed by atoms with Gasteiger partial charge in [0.1, 0.15) is 5.01 Å². The Balaban J connectivity index is 0.00000243. The first kappa shape index (κ1) is 20.7. The Labute approximate surface area is 161 Å². The van der Waals surface area contributed by atoms with Gasteiger partial charge >= 0.3 is 0 Å². The highest BCUT2D eigenvalue weighted by atomic mass is 35.5. The van der Waals surface area contributed by atoms with Crippen LogP contribution in [0.25, 0.3) is 10.6 Å². The molecule has 0 saturated carbocycles. The first-order valence-electron chi connectivity index (χ1n) is 8.21. The van der Waals surface area contributed by atoms with Crippen molar-refractivity contribution < 1.29 is 13.6 Å². The Morgan fingerprint density at radius 1 is 1.35 bits per heavy atom. The number of thiazole rings is 1. The van der Waals surface area contributed by atoms with Crippen LogP contribution in [0.3, 0.4) is 0 Å². The smallest absolute Gasteiger partial charge is 0.262 e. The normalized spacial score (nSPS) is 19.7. The minimum atomic E-state index is -2.82. The summed E-state index contributed by atoms with van der Waals surface area (Å²) in [4.78, 5) is 17.7. The third-order valence-electron chi connectivity index (χ3n) is 4.31. The predicted molar refractivity (Wildman–Crippen MR) is 102 cm³/mol. The summed E-state index contributed by atoms with van der Waals surface area (Å²) in [5.41, 5.74) is 3.05. The van der Waals surface area contributed by atoms with Crippen LogP contribution in [-0.4, -0.2) is 29.4 Å². The van der Waals surface area contributed by atoms with Gasteiger partial charge < -0.3 is 5.32 Å². The molecule has 0 bridgehead atoms. The van der Waals surface area contributed by atoms with E-state index >= 15 is 0 Å².